The molecular weight excluding hydrogens is 290 g/mol. The molecule has 2 N–H and O–H groups in total. The molecule has 0 bridgehead atoms. The van der Waals surface area contributed by atoms with Crippen molar-refractivity contribution in [3.8, 4) is 5.75 Å². The second-order valence-corrected chi connectivity index (χ2v) is 4.76. The first-order valence-electron chi connectivity index (χ1n) is 5.22. The monoisotopic (exact) mass is 299 g/mol. The van der Waals surface area contributed by atoms with Crippen molar-refractivity contribution >= 4 is 33.3 Å². The second-order valence-electron chi connectivity index (χ2n) is 4.11. The number of aromatic hydroxyl groups is 1. The Morgan fingerprint density at radius 3 is 3.00 bits per heavy atom. The summed E-state index contributed by atoms with van der Waals surface area (Å²) < 4.78 is 1.48. The third-order valence-corrected chi connectivity index (χ3v) is 3.86. The number of rotatable bonds is 1. The van der Waals surface area contributed by atoms with E-state index in [1.807, 2.05) is 0 Å². The molecule has 2 aliphatic heterocycles. The van der Waals surface area contributed by atoms with Crippen molar-refractivity contribution in [1.82, 2.24) is 4.57 Å². The Balaban J connectivity index is 2.31. The third kappa shape index (κ3) is 1.32. The van der Waals surface area contributed by atoms with E-state index in [4.69, 9.17) is 0 Å². The smallest absolute Gasteiger partial charge is 0.294 e. The Morgan fingerprint density at radius 2 is 2.29 bits per heavy atom. The van der Waals surface area contributed by atoms with E-state index in [1.165, 1.54) is 10.6 Å². The van der Waals surface area contributed by atoms with Gasteiger partial charge in [0.15, 0.2) is 5.75 Å². The molecule has 0 spiro atoms. The average molecular weight is 300 g/mol. The lowest BCUT2D eigenvalue weighted by atomic mass is 10.3. The van der Waals surface area contributed by atoms with E-state index in [9.17, 15) is 14.7 Å². The van der Waals surface area contributed by atoms with Gasteiger partial charge in [0.1, 0.15) is 5.82 Å². The molecule has 0 saturated heterocycles. The van der Waals surface area contributed by atoms with Crippen LogP contribution >= 0.6 is 15.9 Å². The molecule has 0 fully saturated rings. The standard InChI is InChI=1S/C10H10BrN3O3/c11-2-5-4-13-8(16)3-12-6-1-7(15)10(17)14(5)9(6)13/h1,5,12,15H,2-4H2. The van der Waals surface area contributed by atoms with Crippen LogP contribution in [-0.2, 0) is 4.79 Å². The van der Waals surface area contributed by atoms with Crippen LogP contribution in [-0.4, -0.2) is 34.0 Å². The van der Waals surface area contributed by atoms with E-state index >= 15 is 0 Å². The van der Waals surface area contributed by atoms with Crippen molar-refractivity contribution in [3.05, 3.63) is 16.4 Å². The van der Waals surface area contributed by atoms with Crippen LogP contribution in [0.2, 0.25) is 0 Å². The zero-order valence-corrected chi connectivity index (χ0v) is 10.4. The van der Waals surface area contributed by atoms with Crippen LogP contribution < -0.4 is 15.8 Å². The summed E-state index contributed by atoms with van der Waals surface area (Å²) in [6.45, 7) is 0.664. The van der Waals surface area contributed by atoms with E-state index in [1.54, 1.807) is 4.90 Å². The maximum absolute atomic E-state index is 11.9. The van der Waals surface area contributed by atoms with Crippen molar-refractivity contribution in [3.63, 3.8) is 0 Å². The van der Waals surface area contributed by atoms with Crippen LogP contribution in [0.25, 0.3) is 0 Å². The molecule has 1 unspecified atom stereocenters. The number of carbonyl (C=O) groups is 1. The second kappa shape index (κ2) is 3.49. The highest BCUT2D eigenvalue weighted by Crippen LogP contribution is 2.38. The molecule has 1 aromatic rings. The first kappa shape index (κ1) is 10.6. The van der Waals surface area contributed by atoms with Gasteiger partial charge in [0, 0.05) is 17.9 Å². The highest BCUT2D eigenvalue weighted by Gasteiger charge is 2.38. The molecule has 1 atom stereocenters. The first-order chi connectivity index (χ1) is 8.13. The van der Waals surface area contributed by atoms with Crippen LogP contribution in [0.5, 0.6) is 5.75 Å². The Bertz CT molecular complexity index is 569. The van der Waals surface area contributed by atoms with Gasteiger partial charge in [0.2, 0.25) is 5.91 Å². The summed E-state index contributed by atoms with van der Waals surface area (Å²) in [6, 6.07) is 1.25. The molecule has 6 nitrogen and oxygen atoms in total. The minimum Gasteiger partial charge on any atom is -0.503 e. The van der Waals surface area contributed by atoms with Gasteiger partial charge in [0.25, 0.3) is 5.56 Å². The summed E-state index contributed by atoms with van der Waals surface area (Å²) in [4.78, 5) is 25.2. The van der Waals surface area contributed by atoms with Gasteiger partial charge in [-0.05, 0) is 0 Å². The normalized spacial score (nSPS) is 21.4. The molecular formula is C10H10BrN3O3. The number of amides is 1. The minimum absolute atomic E-state index is 0.0558. The van der Waals surface area contributed by atoms with Crippen molar-refractivity contribution < 1.29 is 9.90 Å². The fraction of sp³-hybridized carbons (Fsp3) is 0.400. The fourth-order valence-electron chi connectivity index (χ4n) is 2.34. The van der Waals surface area contributed by atoms with Crippen molar-refractivity contribution in [1.29, 1.82) is 0 Å². The predicted octanol–water partition coefficient (Wildman–Crippen LogP) is 0.262. The average Bonchev–Trinajstić information content (AvgIpc) is 2.71. The molecule has 7 heteroatoms. The molecule has 1 amide bonds. The fourth-order valence-corrected chi connectivity index (χ4v) is 2.83. The molecule has 0 radical (unpaired) electrons. The molecule has 0 aromatic carbocycles. The number of nitrogens with zero attached hydrogens (tertiary/aromatic N) is 2. The Kier molecular flexibility index (Phi) is 2.19. The summed E-state index contributed by atoms with van der Waals surface area (Å²) in [5, 5.41) is 13.1. The van der Waals surface area contributed by atoms with Gasteiger partial charge in [-0.25, -0.2) is 0 Å². The number of halogens is 1. The number of aromatic nitrogens is 1. The van der Waals surface area contributed by atoms with Gasteiger partial charge < -0.3 is 10.4 Å². The highest BCUT2D eigenvalue weighted by atomic mass is 79.9. The summed E-state index contributed by atoms with van der Waals surface area (Å²) in [7, 11) is 0. The third-order valence-electron chi connectivity index (χ3n) is 3.11. The van der Waals surface area contributed by atoms with Crippen LogP contribution in [0.3, 0.4) is 0 Å². The Labute approximate surface area is 105 Å². The summed E-state index contributed by atoms with van der Waals surface area (Å²) in [6.07, 6.45) is 0. The molecule has 2 aliphatic rings. The number of carbonyl (C=O) groups excluding carboxylic acids is 1. The summed E-state index contributed by atoms with van der Waals surface area (Å²) >= 11 is 3.33. The molecule has 0 aliphatic carbocycles. The van der Waals surface area contributed by atoms with Gasteiger partial charge in [-0.2, -0.15) is 0 Å². The SMILES string of the molecule is O=C1CNc2cc(O)c(=O)n3c2N1CC3CBr. The van der Waals surface area contributed by atoms with Crippen molar-refractivity contribution in [2.24, 2.45) is 0 Å². The van der Waals surface area contributed by atoms with Gasteiger partial charge in [-0.3, -0.25) is 19.1 Å². The zero-order chi connectivity index (χ0) is 12.2. The van der Waals surface area contributed by atoms with Crippen LogP contribution in [0.15, 0.2) is 10.9 Å². The molecule has 0 saturated carbocycles. The molecule has 17 heavy (non-hydrogen) atoms. The number of nitrogens with one attached hydrogen (secondary N) is 1. The van der Waals surface area contributed by atoms with Gasteiger partial charge in [-0.15, -0.1) is 0 Å². The molecule has 3 heterocycles. The first-order valence-corrected chi connectivity index (χ1v) is 6.34. The van der Waals surface area contributed by atoms with Crippen molar-refractivity contribution in [2.45, 2.75) is 6.04 Å². The van der Waals surface area contributed by atoms with Gasteiger partial charge in [-0.1, -0.05) is 15.9 Å². The summed E-state index contributed by atoms with van der Waals surface area (Å²) in [5.41, 5.74) is 0.178. The number of anilines is 2. The number of hydrogen-bond acceptors (Lipinski definition) is 4. The van der Waals surface area contributed by atoms with E-state index in [2.05, 4.69) is 21.2 Å². The Morgan fingerprint density at radius 1 is 1.53 bits per heavy atom. The summed E-state index contributed by atoms with van der Waals surface area (Å²) in [5.74, 6) is 0.215. The van der Waals surface area contributed by atoms with Gasteiger partial charge >= 0.3 is 0 Å². The van der Waals surface area contributed by atoms with Crippen LogP contribution in [0.4, 0.5) is 11.5 Å². The van der Waals surface area contributed by atoms with Crippen LogP contribution in [0, 0.1) is 0 Å². The Hall–Kier alpha value is -1.50. The quantitative estimate of drug-likeness (QED) is 0.730. The topological polar surface area (TPSA) is 74.6 Å². The maximum atomic E-state index is 11.9. The predicted molar refractivity (Wildman–Crippen MR) is 66.0 cm³/mol. The lowest BCUT2D eigenvalue weighted by molar-refractivity contribution is -0.117. The van der Waals surface area contributed by atoms with Crippen LogP contribution in [0.1, 0.15) is 6.04 Å². The molecule has 90 valence electrons. The van der Waals surface area contributed by atoms with E-state index in [-0.39, 0.29) is 24.2 Å². The lowest BCUT2D eigenvalue weighted by Gasteiger charge is -2.25. The van der Waals surface area contributed by atoms with Gasteiger partial charge in [0.05, 0.1) is 18.3 Å². The lowest BCUT2D eigenvalue weighted by Crippen LogP contribution is -2.39. The molecule has 1 aromatic heterocycles. The zero-order valence-electron chi connectivity index (χ0n) is 8.81. The maximum Gasteiger partial charge on any atom is 0.294 e. The highest BCUT2D eigenvalue weighted by molar-refractivity contribution is 9.09. The van der Waals surface area contributed by atoms with E-state index in [0.29, 0.717) is 23.4 Å². The largest absolute Gasteiger partial charge is 0.503 e. The van der Waals surface area contributed by atoms with E-state index in [0.717, 1.165) is 0 Å². The van der Waals surface area contributed by atoms with E-state index < -0.39 is 5.56 Å². The number of pyridine rings is 1. The number of alkyl halides is 1. The molecule has 3 rings (SSSR count). The van der Waals surface area contributed by atoms with Crippen molar-refractivity contribution in [2.75, 3.05) is 28.6 Å². The minimum atomic E-state index is -0.452. The number of hydrogen-bond donors (Lipinski definition) is 2.